The fourth-order valence-electron chi connectivity index (χ4n) is 13.4. The predicted molar refractivity (Wildman–Crippen MR) is 406 cm³/mol. The zero-order chi connectivity index (χ0) is 73.9. The minimum absolute atomic E-state index is 0.229. The first-order valence-electron chi connectivity index (χ1n) is 40.8. The number of carbonyl (C=O) groups is 1. The Morgan fingerprint density at radius 2 is 0.686 bits per heavy atom. The first-order chi connectivity index (χ1) is 49.8. The number of rotatable bonds is 64. The summed E-state index contributed by atoms with van der Waals surface area (Å²) < 4.78 is 34.4. The average Bonchev–Trinajstić information content (AvgIpc) is 0.766. The van der Waals surface area contributed by atoms with E-state index in [9.17, 15) is 61.0 Å². The van der Waals surface area contributed by atoms with Gasteiger partial charge in [0.1, 0.15) is 73.2 Å². The molecule has 3 heterocycles. The minimum atomic E-state index is -1.99. The van der Waals surface area contributed by atoms with Crippen LogP contribution in [0.25, 0.3) is 0 Å². The number of hydrogen-bond donors (Lipinski definition) is 12. The Kier molecular flexibility index (Phi) is 57.5. The van der Waals surface area contributed by atoms with Crippen LogP contribution in [0.1, 0.15) is 303 Å². The molecule has 102 heavy (non-hydrogen) atoms. The van der Waals surface area contributed by atoms with Crippen molar-refractivity contribution >= 4 is 5.91 Å². The molecule has 1 amide bonds. The summed E-state index contributed by atoms with van der Waals surface area (Å²) in [5.74, 6) is -0.289. The largest absolute Gasteiger partial charge is 0.394 e. The number of ether oxygens (including phenoxy) is 6. The highest BCUT2D eigenvalue weighted by atomic mass is 16.8. The molecule has 592 valence electrons. The Bertz CT molecular complexity index is 2170. The van der Waals surface area contributed by atoms with Gasteiger partial charge in [-0.3, -0.25) is 4.79 Å². The molecule has 0 aromatic rings. The van der Waals surface area contributed by atoms with Crippen LogP contribution in [0.3, 0.4) is 0 Å². The van der Waals surface area contributed by atoms with Gasteiger partial charge in [-0.1, -0.05) is 298 Å². The molecule has 0 saturated carbocycles. The van der Waals surface area contributed by atoms with Crippen LogP contribution in [-0.2, 0) is 33.2 Å². The number of unbranched alkanes of at least 4 members (excludes halogenated alkanes) is 36. The van der Waals surface area contributed by atoms with E-state index < -0.39 is 124 Å². The number of aliphatic hydroxyl groups is 11. The smallest absolute Gasteiger partial charge is 0.220 e. The lowest BCUT2D eigenvalue weighted by molar-refractivity contribution is -0.379. The minimum Gasteiger partial charge on any atom is -0.394 e. The van der Waals surface area contributed by atoms with E-state index in [1.807, 2.05) is 6.08 Å². The van der Waals surface area contributed by atoms with Crippen LogP contribution in [0.4, 0.5) is 0 Å². The lowest BCUT2D eigenvalue weighted by atomic mass is 9.96. The quantitative estimate of drug-likeness (QED) is 0.0199. The number of allylic oxidation sites excluding steroid dienone is 13. The molecule has 0 aromatic carbocycles. The lowest BCUT2D eigenvalue weighted by Crippen LogP contribution is -2.66. The van der Waals surface area contributed by atoms with Crippen LogP contribution in [0.2, 0.25) is 0 Å². The van der Waals surface area contributed by atoms with Crippen molar-refractivity contribution < 1.29 is 89.4 Å². The van der Waals surface area contributed by atoms with Crippen molar-refractivity contribution in [1.82, 2.24) is 5.32 Å². The first-order valence-corrected chi connectivity index (χ1v) is 40.8. The molecule has 3 rings (SSSR count). The van der Waals surface area contributed by atoms with Crippen LogP contribution in [0, 0.1) is 0 Å². The summed E-state index contributed by atoms with van der Waals surface area (Å²) in [5.41, 5.74) is 0. The molecular formula is C83H147NO18. The van der Waals surface area contributed by atoms with E-state index in [0.29, 0.717) is 12.8 Å². The topological polar surface area (TPSA) is 307 Å². The summed E-state index contributed by atoms with van der Waals surface area (Å²) in [5, 5.41) is 121. The number of amides is 1. The predicted octanol–water partition coefficient (Wildman–Crippen LogP) is 13.8. The highest BCUT2D eigenvalue weighted by Crippen LogP contribution is 2.33. The fraction of sp³-hybridized carbons (Fsp3) is 0.819. The van der Waals surface area contributed by atoms with Gasteiger partial charge in [0.05, 0.1) is 38.6 Å². The third-order valence-corrected chi connectivity index (χ3v) is 19.9. The van der Waals surface area contributed by atoms with E-state index in [1.54, 1.807) is 6.08 Å². The highest BCUT2D eigenvalue weighted by Gasteiger charge is 2.54. The van der Waals surface area contributed by atoms with Gasteiger partial charge in [0.15, 0.2) is 18.9 Å². The summed E-state index contributed by atoms with van der Waals surface area (Å²) in [4.78, 5) is 13.5. The van der Waals surface area contributed by atoms with Crippen LogP contribution in [0.5, 0.6) is 0 Å². The Morgan fingerprint density at radius 1 is 0.363 bits per heavy atom. The zero-order valence-corrected chi connectivity index (χ0v) is 63.3. The Labute approximate surface area is 616 Å². The van der Waals surface area contributed by atoms with Crippen molar-refractivity contribution in [2.24, 2.45) is 0 Å². The third kappa shape index (κ3) is 42.5. The van der Waals surface area contributed by atoms with E-state index in [-0.39, 0.29) is 18.9 Å². The summed E-state index contributed by atoms with van der Waals surface area (Å²) in [7, 11) is 0. The van der Waals surface area contributed by atoms with Crippen LogP contribution in [0.15, 0.2) is 85.1 Å². The van der Waals surface area contributed by atoms with Gasteiger partial charge in [-0.05, 0) is 83.5 Å². The molecule has 0 bridgehead atoms. The van der Waals surface area contributed by atoms with Gasteiger partial charge in [0, 0.05) is 6.42 Å². The lowest BCUT2D eigenvalue weighted by Gasteiger charge is -2.48. The van der Waals surface area contributed by atoms with Crippen LogP contribution < -0.4 is 5.32 Å². The zero-order valence-electron chi connectivity index (χ0n) is 63.3. The third-order valence-electron chi connectivity index (χ3n) is 19.9. The molecule has 19 heteroatoms. The molecule has 0 spiro atoms. The van der Waals surface area contributed by atoms with E-state index in [2.05, 4.69) is 92.1 Å². The Balaban J connectivity index is 1.39. The van der Waals surface area contributed by atoms with Crippen LogP contribution in [-0.4, -0.2) is 193 Å². The molecule has 17 unspecified atom stereocenters. The molecule has 3 saturated heterocycles. The fourth-order valence-corrected chi connectivity index (χ4v) is 13.4. The van der Waals surface area contributed by atoms with Gasteiger partial charge in [0.25, 0.3) is 0 Å². The second kappa shape index (κ2) is 63.0. The van der Waals surface area contributed by atoms with Crippen molar-refractivity contribution in [3.63, 3.8) is 0 Å². The Morgan fingerprint density at radius 3 is 1.10 bits per heavy atom. The highest BCUT2D eigenvalue weighted by molar-refractivity contribution is 5.76. The van der Waals surface area contributed by atoms with E-state index in [1.165, 1.54) is 199 Å². The molecule has 3 aliphatic heterocycles. The number of nitrogens with one attached hydrogen (secondary N) is 1. The van der Waals surface area contributed by atoms with Crippen molar-refractivity contribution in [2.75, 3.05) is 26.4 Å². The van der Waals surface area contributed by atoms with E-state index >= 15 is 0 Å². The van der Waals surface area contributed by atoms with Crippen molar-refractivity contribution in [3.8, 4) is 0 Å². The van der Waals surface area contributed by atoms with Gasteiger partial charge in [-0.2, -0.15) is 0 Å². The molecule has 3 aliphatic rings. The summed E-state index contributed by atoms with van der Waals surface area (Å²) in [6.07, 6.45) is 57.2. The number of hydrogen-bond acceptors (Lipinski definition) is 18. The summed E-state index contributed by atoms with van der Waals surface area (Å²) in [6.45, 7) is 1.63. The first kappa shape index (κ1) is 93.2. The molecule has 19 nitrogen and oxygen atoms in total. The van der Waals surface area contributed by atoms with Gasteiger partial charge in [-0.25, -0.2) is 0 Å². The van der Waals surface area contributed by atoms with Crippen molar-refractivity contribution in [2.45, 2.75) is 407 Å². The van der Waals surface area contributed by atoms with E-state index in [4.69, 9.17) is 28.4 Å². The molecule has 12 N–H and O–H groups in total. The van der Waals surface area contributed by atoms with Crippen molar-refractivity contribution in [3.05, 3.63) is 85.1 Å². The maximum Gasteiger partial charge on any atom is 0.220 e. The maximum absolute atomic E-state index is 13.5. The molecule has 0 radical (unpaired) electrons. The maximum atomic E-state index is 13.5. The SMILES string of the molecule is CC/C=C\C/C=C\C/C=C\C/C=C\CCCCCCCCCCCCCCCCCCC(=O)NC(COC1OC(CO)C(OC2OC(CO)C(OC3OC(CO)C(O)C(O)C3O)C(O)C2O)C(O)C1O)C(O)/C=C/CC/C=C/CC/C=C/CCCCCCCCCCCCCCCCCCCC. The summed E-state index contributed by atoms with van der Waals surface area (Å²) in [6, 6.07) is -1.00. The standard InChI is InChI=1S/C83H147NO18/c1-3-5-7-9-11-13-15-17-19-21-23-25-27-29-31-33-35-37-39-41-43-45-47-49-51-53-55-57-59-61-71(89)84-66(67(88)60-58-56-54-52-50-48-46-44-42-40-38-36-34-32-30-28-26-24-22-20-18-16-14-12-10-8-6-4-2)65-97-81-77(95)74(92)79(69(63-86)99-81)102-83-78(96)75(93)80(70(64-87)100-83)101-82-76(94)73(91)72(90)68(62-85)98-82/h5,7,11,13,17,19,23,25,42,44,50,52,58,60,66-70,72-83,85-88,90-96H,3-4,6,8-10,12,14-16,18,20-22,24,26-41,43,45-49,51,53-57,59,61-65H2,1-2H3,(H,84,89)/b7-5-,13-11-,19-17-,25-23-,44-42+,52-50+,60-58+. The second-order valence-corrected chi connectivity index (χ2v) is 28.8. The normalized spacial score (nSPS) is 26.6. The van der Waals surface area contributed by atoms with Crippen LogP contribution >= 0.6 is 0 Å². The Hall–Kier alpha value is -3.03. The van der Waals surface area contributed by atoms with Gasteiger partial charge in [0.2, 0.25) is 5.91 Å². The molecular weight excluding hydrogens is 1300 g/mol. The van der Waals surface area contributed by atoms with Gasteiger partial charge in [-0.15, -0.1) is 0 Å². The molecule has 17 atom stereocenters. The number of aliphatic hydroxyl groups excluding tert-OH is 11. The molecule has 0 aromatic heterocycles. The number of carbonyl (C=O) groups excluding carboxylic acids is 1. The van der Waals surface area contributed by atoms with Crippen molar-refractivity contribution in [1.29, 1.82) is 0 Å². The summed E-state index contributed by atoms with van der Waals surface area (Å²) >= 11 is 0. The second-order valence-electron chi connectivity index (χ2n) is 28.8. The van der Waals surface area contributed by atoms with Gasteiger partial charge >= 0.3 is 0 Å². The molecule has 0 aliphatic carbocycles. The van der Waals surface area contributed by atoms with Gasteiger partial charge < -0.3 is 89.9 Å². The molecule has 3 fully saturated rings. The monoisotopic (exact) mass is 1450 g/mol. The average molecular weight is 1450 g/mol. The van der Waals surface area contributed by atoms with E-state index in [0.717, 1.165) is 70.6 Å².